The number of phenolic OH excluding ortho intramolecular Hbond substituents is 1. The second-order valence-electron chi connectivity index (χ2n) is 7.80. The molecule has 0 radical (unpaired) electrons. The van der Waals surface area contributed by atoms with Crippen LogP contribution in [0.3, 0.4) is 0 Å². The molecule has 0 unspecified atom stereocenters. The molecule has 1 aliphatic rings. The minimum absolute atomic E-state index is 0.0277. The molecule has 0 saturated carbocycles. The van der Waals surface area contributed by atoms with Gasteiger partial charge in [0.2, 0.25) is 0 Å². The fourth-order valence-corrected chi connectivity index (χ4v) is 4.17. The fraction of sp³-hybridized carbons (Fsp3) is 0.250. The van der Waals surface area contributed by atoms with E-state index in [1.54, 1.807) is 0 Å². The van der Waals surface area contributed by atoms with Gasteiger partial charge < -0.3 is 20.4 Å². The summed E-state index contributed by atoms with van der Waals surface area (Å²) < 4.78 is 0. The van der Waals surface area contributed by atoms with Crippen LogP contribution in [0.1, 0.15) is 58.9 Å². The summed E-state index contributed by atoms with van der Waals surface area (Å²) in [5, 5.41) is 40.9. The molecule has 0 heterocycles. The van der Waals surface area contributed by atoms with Crippen LogP contribution in [0.25, 0.3) is 11.1 Å². The molecule has 0 fully saturated rings. The summed E-state index contributed by atoms with van der Waals surface area (Å²) in [5.41, 5.74) is 2.05. The molecule has 4 N–H and O–H groups in total. The minimum Gasteiger partial charge on any atom is -0.507 e. The number of benzene rings is 2. The molecule has 6 nitrogen and oxygen atoms in total. The van der Waals surface area contributed by atoms with Gasteiger partial charge in [-0.1, -0.05) is 35.9 Å². The van der Waals surface area contributed by atoms with E-state index >= 15 is 0 Å². The number of hydrogen-bond acceptors (Lipinski definition) is 4. The summed E-state index contributed by atoms with van der Waals surface area (Å²) in [6.45, 7) is 7.86. The average molecular weight is 408 g/mol. The van der Waals surface area contributed by atoms with Crippen LogP contribution in [0, 0.1) is 5.92 Å². The minimum atomic E-state index is -1.37. The Morgan fingerprint density at radius 1 is 1.10 bits per heavy atom. The van der Waals surface area contributed by atoms with Crippen LogP contribution in [-0.2, 0) is 0 Å². The average Bonchev–Trinajstić information content (AvgIpc) is 2.67. The van der Waals surface area contributed by atoms with Gasteiger partial charge in [0.15, 0.2) is 0 Å². The summed E-state index contributed by atoms with van der Waals surface area (Å²) in [7, 11) is 0. The Balaban J connectivity index is 2.27. The van der Waals surface area contributed by atoms with Crippen molar-refractivity contribution in [1.82, 2.24) is 0 Å². The molecule has 3 rings (SSSR count). The first-order chi connectivity index (χ1) is 14.1. The van der Waals surface area contributed by atoms with Crippen LogP contribution in [-0.4, -0.2) is 32.4 Å². The molecule has 2 aromatic carbocycles. The Hall–Kier alpha value is -3.54. The predicted molar refractivity (Wildman–Crippen MR) is 113 cm³/mol. The molecule has 0 spiro atoms. The van der Waals surface area contributed by atoms with Crippen molar-refractivity contribution in [2.45, 2.75) is 32.6 Å². The van der Waals surface area contributed by atoms with E-state index in [2.05, 4.69) is 6.58 Å². The maximum atomic E-state index is 12.1. The number of rotatable bonds is 5. The van der Waals surface area contributed by atoms with Crippen molar-refractivity contribution < 1.29 is 30.0 Å². The molecule has 0 aromatic heterocycles. The lowest BCUT2D eigenvalue weighted by atomic mass is 9.73. The van der Waals surface area contributed by atoms with Gasteiger partial charge in [-0.15, -0.1) is 0 Å². The molecule has 6 heteroatoms. The third-order valence-electron chi connectivity index (χ3n) is 5.67. The monoisotopic (exact) mass is 408 g/mol. The Kier molecular flexibility index (Phi) is 5.69. The van der Waals surface area contributed by atoms with Crippen molar-refractivity contribution in [2.24, 2.45) is 5.92 Å². The van der Waals surface area contributed by atoms with Crippen molar-refractivity contribution in [2.75, 3.05) is 0 Å². The van der Waals surface area contributed by atoms with Crippen molar-refractivity contribution in [3.8, 4) is 22.6 Å². The van der Waals surface area contributed by atoms with Crippen molar-refractivity contribution in [3.63, 3.8) is 0 Å². The zero-order chi connectivity index (χ0) is 22.2. The Bertz CT molecular complexity index is 1080. The van der Waals surface area contributed by atoms with Gasteiger partial charge in [-0.2, -0.15) is 0 Å². The quantitative estimate of drug-likeness (QED) is 0.507. The molecule has 156 valence electrons. The summed E-state index contributed by atoms with van der Waals surface area (Å²) in [4.78, 5) is 23.4. The number of hydrogen-bond donors (Lipinski definition) is 4. The molecule has 0 bridgehead atoms. The topological polar surface area (TPSA) is 115 Å². The zero-order valence-corrected chi connectivity index (χ0v) is 16.8. The number of phenols is 2. The van der Waals surface area contributed by atoms with Crippen LogP contribution in [0.4, 0.5) is 0 Å². The molecule has 2 atom stereocenters. The molecule has 2 aromatic rings. The smallest absolute Gasteiger partial charge is 0.340 e. The molecule has 0 amide bonds. The highest BCUT2D eigenvalue weighted by Gasteiger charge is 2.33. The second-order valence-corrected chi connectivity index (χ2v) is 7.80. The summed E-state index contributed by atoms with van der Waals surface area (Å²) in [6.07, 6.45) is 3.58. The first-order valence-corrected chi connectivity index (χ1v) is 9.60. The normalized spacial score (nSPS) is 18.5. The van der Waals surface area contributed by atoms with Gasteiger partial charge in [-0.25, -0.2) is 9.59 Å². The van der Waals surface area contributed by atoms with E-state index in [9.17, 15) is 30.0 Å². The van der Waals surface area contributed by atoms with Crippen LogP contribution >= 0.6 is 0 Å². The van der Waals surface area contributed by atoms with Gasteiger partial charge in [0.25, 0.3) is 0 Å². The number of aromatic carboxylic acids is 2. The van der Waals surface area contributed by atoms with Gasteiger partial charge in [0.05, 0.1) is 5.56 Å². The first kappa shape index (κ1) is 21.2. The van der Waals surface area contributed by atoms with Crippen LogP contribution in [0.15, 0.2) is 54.1 Å². The highest BCUT2D eigenvalue weighted by molar-refractivity contribution is 6.01. The SMILES string of the molecule is C=C(C)[C@@H]1CCC(C)=C[C@H]1c1c(O)cc(-c2cccc(C(=O)O)c2)c(C(=O)O)c1O. The third-order valence-corrected chi connectivity index (χ3v) is 5.67. The molecule has 0 saturated heterocycles. The van der Waals surface area contributed by atoms with Crippen LogP contribution < -0.4 is 0 Å². The number of carbonyl (C=O) groups is 2. The molecule has 1 aliphatic carbocycles. The van der Waals surface area contributed by atoms with Gasteiger partial charge in [0, 0.05) is 17.0 Å². The highest BCUT2D eigenvalue weighted by Crippen LogP contribution is 2.49. The number of carboxylic acids is 2. The fourth-order valence-electron chi connectivity index (χ4n) is 4.17. The van der Waals surface area contributed by atoms with Gasteiger partial charge in [0.1, 0.15) is 17.1 Å². The third kappa shape index (κ3) is 3.81. The molecule has 0 aliphatic heterocycles. The first-order valence-electron chi connectivity index (χ1n) is 9.60. The predicted octanol–water partition coefficient (Wildman–Crippen LogP) is 5.18. The number of allylic oxidation sites excluding steroid dienone is 3. The van der Waals surface area contributed by atoms with E-state index in [1.807, 2.05) is 19.9 Å². The van der Waals surface area contributed by atoms with Gasteiger partial charge in [-0.3, -0.25) is 0 Å². The number of carboxylic acid groups (broad SMARTS) is 2. The van der Waals surface area contributed by atoms with E-state index in [0.29, 0.717) is 0 Å². The van der Waals surface area contributed by atoms with E-state index in [0.717, 1.165) is 24.0 Å². The zero-order valence-electron chi connectivity index (χ0n) is 16.8. The van der Waals surface area contributed by atoms with E-state index < -0.39 is 23.6 Å². The molecular weight excluding hydrogens is 384 g/mol. The van der Waals surface area contributed by atoms with E-state index in [-0.39, 0.29) is 39.5 Å². The Morgan fingerprint density at radius 2 is 1.80 bits per heavy atom. The van der Waals surface area contributed by atoms with Crippen molar-refractivity contribution in [1.29, 1.82) is 0 Å². The molecule has 30 heavy (non-hydrogen) atoms. The molecular formula is C24H24O6. The maximum Gasteiger partial charge on any atom is 0.340 e. The number of aromatic hydroxyl groups is 2. The summed E-state index contributed by atoms with van der Waals surface area (Å²) in [5.74, 6) is -3.74. The van der Waals surface area contributed by atoms with Crippen LogP contribution in [0.2, 0.25) is 0 Å². The van der Waals surface area contributed by atoms with E-state index in [4.69, 9.17) is 0 Å². The highest BCUT2D eigenvalue weighted by atomic mass is 16.4. The Morgan fingerprint density at radius 3 is 2.40 bits per heavy atom. The van der Waals surface area contributed by atoms with Gasteiger partial charge >= 0.3 is 11.9 Å². The second kappa shape index (κ2) is 8.06. The van der Waals surface area contributed by atoms with E-state index in [1.165, 1.54) is 30.3 Å². The maximum absolute atomic E-state index is 12.1. The van der Waals surface area contributed by atoms with Crippen LogP contribution in [0.5, 0.6) is 11.5 Å². The lowest BCUT2D eigenvalue weighted by Gasteiger charge is -2.32. The summed E-state index contributed by atoms with van der Waals surface area (Å²) in [6, 6.07) is 7.00. The lowest BCUT2D eigenvalue weighted by Crippen LogP contribution is -2.18. The standard InChI is InChI=1S/C24H24O6/c1-12(2)16-8-7-13(3)9-18(16)20-19(25)11-17(21(22(20)26)24(29)30)14-5-4-6-15(10-14)23(27)28/h4-6,9-11,16,18,25-26H,1,7-8H2,2-3H3,(H,27,28)(H,29,30)/t16-,18+/m0/s1. The van der Waals surface area contributed by atoms with Crippen molar-refractivity contribution in [3.05, 3.63) is 70.8 Å². The van der Waals surface area contributed by atoms with Gasteiger partial charge in [-0.05, 0) is 56.4 Å². The van der Waals surface area contributed by atoms with Crippen molar-refractivity contribution >= 4 is 11.9 Å². The summed E-state index contributed by atoms with van der Waals surface area (Å²) >= 11 is 0. The lowest BCUT2D eigenvalue weighted by molar-refractivity contribution is 0.0685. The largest absolute Gasteiger partial charge is 0.507 e. The Labute approximate surface area is 174 Å².